The molecule has 23 heavy (non-hydrogen) atoms. The highest BCUT2D eigenvalue weighted by atomic mass is 79.9. The first-order valence-corrected chi connectivity index (χ1v) is 8.77. The Kier molecular flexibility index (Phi) is 7.11. The highest BCUT2D eigenvalue weighted by Crippen LogP contribution is 2.26. The van der Waals surface area contributed by atoms with Crippen LogP contribution in [0.4, 0.5) is 4.79 Å². The second kappa shape index (κ2) is 8.18. The number of hydrogen-bond donors (Lipinski definition) is 0. The van der Waals surface area contributed by atoms with Gasteiger partial charge in [0, 0.05) is 6.54 Å². The lowest BCUT2D eigenvalue weighted by Crippen LogP contribution is -2.41. The van der Waals surface area contributed by atoms with Crippen molar-refractivity contribution < 1.29 is 19.1 Å². The van der Waals surface area contributed by atoms with Crippen LogP contribution in [0.25, 0.3) is 0 Å². The van der Waals surface area contributed by atoms with E-state index in [0.717, 1.165) is 4.48 Å². The van der Waals surface area contributed by atoms with E-state index >= 15 is 0 Å². The van der Waals surface area contributed by atoms with Crippen molar-refractivity contribution in [3.63, 3.8) is 0 Å². The summed E-state index contributed by atoms with van der Waals surface area (Å²) in [4.78, 5) is 25.8. The molecule has 0 saturated carbocycles. The van der Waals surface area contributed by atoms with Crippen molar-refractivity contribution >= 4 is 28.0 Å². The van der Waals surface area contributed by atoms with Crippen LogP contribution in [0.5, 0.6) is 0 Å². The summed E-state index contributed by atoms with van der Waals surface area (Å²) in [7, 11) is 0. The number of hydrogen-bond acceptors (Lipinski definition) is 4. The average molecular weight is 390 g/mol. The van der Waals surface area contributed by atoms with Crippen molar-refractivity contribution in [1.29, 1.82) is 0 Å². The molecule has 0 N–H and O–H groups in total. The maximum atomic E-state index is 12.1. The topological polar surface area (TPSA) is 55.8 Å². The van der Waals surface area contributed by atoms with Crippen LogP contribution in [0.1, 0.15) is 47.5 Å². The van der Waals surface area contributed by atoms with E-state index in [1.54, 1.807) is 4.90 Å². The van der Waals surface area contributed by atoms with Gasteiger partial charge >= 0.3 is 12.1 Å². The van der Waals surface area contributed by atoms with E-state index in [1.807, 2.05) is 20.8 Å². The molecule has 6 heteroatoms. The summed E-state index contributed by atoms with van der Waals surface area (Å²) in [5.74, 6) is -0.00988. The molecule has 0 aromatic rings. The van der Waals surface area contributed by atoms with Crippen molar-refractivity contribution in [2.45, 2.75) is 59.1 Å². The summed E-state index contributed by atoms with van der Waals surface area (Å²) >= 11 is 3.35. The van der Waals surface area contributed by atoms with Gasteiger partial charge in [-0.25, -0.2) is 4.79 Å². The third-order valence-corrected chi connectivity index (χ3v) is 3.95. The largest absolute Gasteiger partial charge is 0.460 e. The van der Waals surface area contributed by atoms with E-state index in [4.69, 9.17) is 9.47 Å². The fraction of sp³-hybridized carbons (Fsp3) is 0.765. The molecule has 0 aromatic carbocycles. The van der Waals surface area contributed by atoms with Crippen LogP contribution >= 0.6 is 15.9 Å². The van der Waals surface area contributed by atoms with Gasteiger partial charge in [-0.2, -0.15) is 0 Å². The average Bonchev–Trinajstić information content (AvgIpc) is 2.67. The van der Waals surface area contributed by atoms with Crippen LogP contribution < -0.4 is 0 Å². The Morgan fingerprint density at radius 1 is 1.43 bits per heavy atom. The molecule has 1 aliphatic rings. The summed E-state index contributed by atoms with van der Waals surface area (Å²) in [6, 6.07) is 0.0484. The molecule has 1 saturated heterocycles. The molecule has 0 aliphatic carbocycles. The lowest BCUT2D eigenvalue weighted by Gasteiger charge is -2.29. The molecule has 2 atom stereocenters. The van der Waals surface area contributed by atoms with Crippen LogP contribution in [-0.4, -0.2) is 41.8 Å². The maximum absolute atomic E-state index is 12.1. The SMILES string of the molecule is C=C(Br)C[C@H](CC(=O)OC(C)(C)C)CN1C(=O)OC[C@@H]1C(C)C. The predicted molar refractivity (Wildman–Crippen MR) is 93.3 cm³/mol. The standard InChI is InChI=1S/C17H28BrNO4/c1-11(2)14-10-22-16(21)19(14)9-13(7-12(3)18)8-15(20)23-17(4,5)6/h11,13-14H,3,7-10H2,1-2,4-6H3/t13-,14-/m1/s1. The predicted octanol–water partition coefficient (Wildman–Crippen LogP) is 4.11. The molecule has 5 nitrogen and oxygen atoms in total. The molecule has 132 valence electrons. The lowest BCUT2D eigenvalue weighted by atomic mass is 9.98. The maximum Gasteiger partial charge on any atom is 0.410 e. The van der Waals surface area contributed by atoms with E-state index in [-0.39, 0.29) is 30.4 Å². The Labute approximate surface area is 147 Å². The molecule has 0 aromatic heterocycles. The first-order valence-electron chi connectivity index (χ1n) is 7.98. The number of nitrogens with zero attached hydrogens (tertiary/aromatic N) is 1. The van der Waals surface area contributed by atoms with Crippen molar-refractivity contribution in [3.05, 3.63) is 11.1 Å². The number of carbonyl (C=O) groups is 2. The third kappa shape index (κ3) is 6.94. The number of halogens is 1. The minimum atomic E-state index is -0.514. The second-order valence-corrected chi connectivity index (χ2v) is 8.54. The zero-order valence-corrected chi connectivity index (χ0v) is 16.3. The number of cyclic esters (lactones) is 1. The Morgan fingerprint density at radius 2 is 2.04 bits per heavy atom. The van der Waals surface area contributed by atoms with Crippen LogP contribution in [0.3, 0.4) is 0 Å². The van der Waals surface area contributed by atoms with Crippen LogP contribution in [0.15, 0.2) is 11.1 Å². The molecule has 0 radical (unpaired) electrons. The van der Waals surface area contributed by atoms with Gasteiger partial charge in [-0.1, -0.05) is 36.4 Å². The number of carbonyl (C=O) groups excluding carboxylic acids is 2. The molecular weight excluding hydrogens is 362 g/mol. The number of esters is 1. The van der Waals surface area contributed by atoms with E-state index in [2.05, 4.69) is 36.4 Å². The number of amides is 1. The molecule has 1 fully saturated rings. The molecule has 0 bridgehead atoms. The molecule has 0 unspecified atom stereocenters. The van der Waals surface area contributed by atoms with Gasteiger partial charge < -0.3 is 14.4 Å². The van der Waals surface area contributed by atoms with E-state index in [1.165, 1.54) is 0 Å². The van der Waals surface area contributed by atoms with Gasteiger partial charge in [-0.15, -0.1) is 0 Å². The molecule has 1 rings (SSSR count). The molecule has 0 spiro atoms. The normalized spacial score (nSPS) is 19.7. The van der Waals surface area contributed by atoms with Crippen LogP contribution in [0, 0.1) is 11.8 Å². The first-order chi connectivity index (χ1) is 10.5. The summed E-state index contributed by atoms with van der Waals surface area (Å²) in [6.45, 7) is 14.4. The van der Waals surface area contributed by atoms with E-state index in [9.17, 15) is 9.59 Å². The van der Waals surface area contributed by atoms with Crippen molar-refractivity contribution in [1.82, 2.24) is 4.90 Å². The van der Waals surface area contributed by atoms with Gasteiger partial charge in [0.2, 0.25) is 0 Å². The minimum absolute atomic E-state index is 0.0484. The third-order valence-electron chi connectivity index (χ3n) is 3.62. The van der Waals surface area contributed by atoms with Gasteiger partial charge in [0.1, 0.15) is 12.2 Å². The number of allylic oxidation sites excluding steroid dienone is 1. The quantitative estimate of drug-likeness (QED) is 0.614. The monoisotopic (exact) mass is 389 g/mol. The molecule has 1 amide bonds. The minimum Gasteiger partial charge on any atom is -0.460 e. The van der Waals surface area contributed by atoms with Gasteiger partial charge in [-0.3, -0.25) is 4.79 Å². The van der Waals surface area contributed by atoms with Gasteiger partial charge in [0.05, 0.1) is 12.5 Å². The molecule has 1 heterocycles. The van der Waals surface area contributed by atoms with E-state index < -0.39 is 5.60 Å². The smallest absolute Gasteiger partial charge is 0.410 e. The molecule has 1 aliphatic heterocycles. The Bertz CT molecular complexity index is 456. The Morgan fingerprint density at radius 3 is 2.52 bits per heavy atom. The highest BCUT2D eigenvalue weighted by Gasteiger charge is 2.36. The zero-order valence-electron chi connectivity index (χ0n) is 14.7. The van der Waals surface area contributed by atoms with E-state index in [0.29, 0.717) is 25.5 Å². The first kappa shape index (κ1) is 20.0. The van der Waals surface area contributed by atoms with Crippen LogP contribution in [-0.2, 0) is 14.3 Å². The number of rotatable bonds is 7. The fourth-order valence-electron chi connectivity index (χ4n) is 2.64. The van der Waals surface area contributed by atoms with Gasteiger partial charge in [0.25, 0.3) is 0 Å². The van der Waals surface area contributed by atoms with Crippen LogP contribution in [0.2, 0.25) is 0 Å². The molecular formula is C17H28BrNO4. The van der Waals surface area contributed by atoms with Crippen molar-refractivity contribution in [3.8, 4) is 0 Å². The second-order valence-electron chi connectivity index (χ2n) is 7.42. The Hall–Kier alpha value is -1.04. The summed E-state index contributed by atoms with van der Waals surface area (Å²) in [5, 5.41) is 0. The fourth-order valence-corrected chi connectivity index (χ4v) is 3.10. The zero-order chi connectivity index (χ0) is 17.8. The van der Waals surface area contributed by atoms with Gasteiger partial charge in [0.15, 0.2) is 0 Å². The summed E-state index contributed by atoms with van der Waals surface area (Å²) in [5.41, 5.74) is -0.514. The summed E-state index contributed by atoms with van der Waals surface area (Å²) in [6.07, 6.45) is 0.544. The lowest BCUT2D eigenvalue weighted by molar-refractivity contribution is -0.156. The van der Waals surface area contributed by atoms with Crippen molar-refractivity contribution in [2.24, 2.45) is 11.8 Å². The Balaban J connectivity index is 2.75. The van der Waals surface area contributed by atoms with Crippen molar-refractivity contribution in [2.75, 3.05) is 13.2 Å². The number of ether oxygens (including phenoxy) is 2. The van der Waals surface area contributed by atoms with Gasteiger partial charge in [-0.05, 0) is 43.5 Å². The summed E-state index contributed by atoms with van der Waals surface area (Å²) < 4.78 is 11.4. The highest BCUT2D eigenvalue weighted by molar-refractivity contribution is 9.11.